The van der Waals surface area contributed by atoms with E-state index < -0.39 is 22.8 Å². The minimum atomic E-state index is -4.73. The molecule has 0 radical (unpaired) electrons. The number of carbonyl (C=O) groups excluding carboxylic acids is 1. The minimum Gasteiger partial charge on any atom is -0.508 e. The maximum absolute atomic E-state index is 13.4. The molecular formula is C21H16F3N3O2. The fourth-order valence-corrected chi connectivity index (χ4v) is 3.98. The molecule has 1 saturated heterocycles. The molecule has 29 heavy (non-hydrogen) atoms. The largest absolute Gasteiger partial charge is 0.508 e. The van der Waals surface area contributed by atoms with Crippen molar-refractivity contribution in [2.24, 2.45) is 0 Å². The van der Waals surface area contributed by atoms with E-state index in [2.05, 4.69) is 6.58 Å². The Morgan fingerprint density at radius 1 is 1.10 bits per heavy atom. The van der Waals surface area contributed by atoms with Gasteiger partial charge in [-0.15, -0.1) is 0 Å². The molecule has 1 aliphatic carbocycles. The van der Waals surface area contributed by atoms with Gasteiger partial charge in [0.05, 0.1) is 22.9 Å². The van der Waals surface area contributed by atoms with Gasteiger partial charge in [-0.05, 0) is 61.7 Å². The number of hydrogen-bond donors (Lipinski definition) is 1. The fraction of sp³-hybridized carbons (Fsp3) is 0.238. The summed E-state index contributed by atoms with van der Waals surface area (Å²) in [5.74, 6) is -0.0517. The second-order valence-corrected chi connectivity index (χ2v) is 7.13. The van der Waals surface area contributed by atoms with Crippen molar-refractivity contribution in [3.63, 3.8) is 0 Å². The number of hydrogen-bond acceptors (Lipinski definition) is 4. The number of aromatic hydroxyl groups is 1. The van der Waals surface area contributed by atoms with Crippen LogP contribution in [0.5, 0.6) is 5.75 Å². The Bertz CT molecular complexity index is 1050. The first-order valence-electron chi connectivity index (χ1n) is 8.93. The lowest BCUT2D eigenvalue weighted by Gasteiger charge is -2.43. The summed E-state index contributed by atoms with van der Waals surface area (Å²) < 4.78 is 40.2. The summed E-state index contributed by atoms with van der Waals surface area (Å²) in [5, 5.41) is 18.6. The Kier molecular flexibility index (Phi) is 4.08. The molecule has 1 heterocycles. The maximum atomic E-state index is 13.4. The number of halogens is 3. The van der Waals surface area contributed by atoms with Gasteiger partial charge in [-0.25, -0.2) is 0 Å². The molecule has 0 unspecified atom stereocenters. The summed E-state index contributed by atoms with van der Waals surface area (Å²) in [5.41, 5.74) is -1.87. The monoisotopic (exact) mass is 399 g/mol. The van der Waals surface area contributed by atoms with Gasteiger partial charge in [0.15, 0.2) is 0 Å². The van der Waals surface area contributed by atoms with Gasteiger partial charge in [0, 0.05) is 5.69 Å². The van der Waals surface area contributed by atoms with E-state index in [4.69, 9.17) is 5.26 Å². The molecule has 2 fully saturated rings. The topological polar surface area (TPSA) is 67.6 Å². The van der Waals surface area contributed by atoms with E-state index in [9.17, 15) is 23.1 Å². The lowest BCUT2D eigenvalue weighted by molar-refractivity contribution is -0.137. The number of anilines is 2. The number of phenols is 1. The molecule has 2 aromatic rings. The molecule has 148 valence electrons. The van der Waals surface area contributed by atoms with Crippen LogP contribution >= 0.6 is 0 Å². The van der Waals surface area contributed by atoms with Crippen molar-refractivity contribution in [2.45, 2.75) is 31.0 Å². The second kappa shape index (κ2) is 6.27. The highest BCUT2D eigenvalue weighted by atomic mass is 19.4. The van der Waals surface area contributed by atoms with Crippen molar-refractivity contribution < 1.29 is 23.1 Å². The molecule has 0 atom stereocenters. The molecule has 1 saturated carbocycles. The predicted octanol–water partition coefficient (Wildman–Crippen LogP) is 4.53. The summed E-state index contributed by atoms with van der Waals surface area (Å²) >= 11 is 0. The molecule has 2 aliphatic rings. The summed E-state index contributed by atoms with van der Waals surface area (Å²) in [4.78, 5) is 16.2. The van der Waals surface area contributed by atoms with Crippen LogP contribution in [0.3, 0.4) is 0 Å². The molecule has 1 aliphatic heterocycles. The van der Waals surface area contributed by atoms with E-state index >= 15 is 0 Å². The molecule has 2 aromatic carbocycles. The summed E-state index contributed by atoms with van der Waals surface area (Å²) in [6.07, 6.45) is -2.83. The molecule has 1 amide bonds. The average Bonchev–Trinajstić information content (AvgIpc) is 2.88. The third kappa shape index (κ3) is 2.73. The number of alkyl halides is 3. The lowest BCUT2D eigenvalue weighted by Crippen LogP contribution is -2.54. The van der Waals surface area contributed by atoms with Crippen molar-refractivity contribution >= 4 is 17.3 Å². The highest BCUT2D eigenvalue weighted by molar-refractivity contribution is 6.10. The van der Waals surface area contributed by atoms with E-state index in [1.54, 1.807) is 23.1 Å². The maximum Gasteiger partial charge on any atom is 0.417 e. The van der Waals surface area contributed by atoms with E-state index in [-0.39, 0.29) is 23.2 Å². The lowest BCUT2D eigenvalue weighted by atomic mass is 9.75. The second-order valence-electron chi connectivity index (χ2n) is 7.13. The molecular weight excluding hydrogens is 383 g/mol. The van der Waals surface area contributed by atoms with Crippen LogP contribution in [-0.2, 0) is 11.0 Å². The van der Waals surface area contributed by atoms with Gasteiger partial charge in [0.25, 0.3) is 5.91 Å². The molecule has 0 bridgehead atoms. The Labute approximate surface area is 164 Å². The number of amides is 1. The molecule has 1 spiro atoms. The fourth-order valence-electron chi connectivity index (χ4n) is 3.98. The highest BCUT2D eigenvalue weighted by Gasteiger charge is 2.58. The third-order valence-electron chi connectivity index (χ3n) is 5.52. The van der Waals surface area contributed by atoms with Crippen LogP contribution in [0, 0.1) is 11.3 Å². The van der Waals surface area contributed by atoms with Crippen LogP contribution < -0.4 is 9.80 Å². The number of rotatable bonds is 2. The highest BCUT2D eigenvalue weighted by Crippen LogP contribution is 2.50. The zero-order valence-corrected chi connectivity index (χ0v) is 15.2. The Morgan fingerprint density at radius 2 is 1.72 bits per heavy atom. The molecule has 4 rings (SSSR count). The first kappa shape index (κ1) is 18.9. The van der Waals surface area contributed by atoms with Crippen LogP contribution in [0.15, 0.2) is 54.9 Å². The van der Waals surface area contributed by atoms with Gasteiger partial charge in [-0.1, -0.05) is 6.58 Å². The number of phenolic OH excluding ortho intramolecular Hbond substituents is 1. The SMILES string of the molecule is C=C1N(c2ccc(C#N)c(C(F)(F)F)c2)C(=O)C2(CCC2)N1c1ccc(O)cc1. The normalized spacial score (nSPS) is 18.1. The van der Waals surface area contributed by atoms with Gasteiger partial charge >= 0.3 is 6.18 Å². The van der Waals surface area contributed by atoms with Crippen LogP contribution in [0.4, 0.5) is 24.5 Å². The minimum absolute atomic E-state index is 0.0129. The van der Waals surface area contributed by atoms with Crippen LogP contribution in [0.1, 0.15) is 30.4 Å². The molecule has 8 heteroatoms. The zero-order chi connectivity index (χ0) is 21.0. The van der Waals surface area contributed by atoms with E-state index in [1.165, 1.54) is 23.1 Å². The molecule has 5 nitrogen and oxygen atoms in total. The van der Waals surface area contributed by atoms with Gasteiger partial charge < -0.3 is 10.0 Å². The van der Waals surface area contributed by atoms with Crippen molar-refractivity contribution in [1.82, 2.24) is 0 Å². The van der Waals surface area contributed by atoms with Crippen molar-refractivity contribution in [3.05, 3.63) is 66.0 Å². The Hall–Kier alpha value is -3.47. The van der Waals surface area contributed by atoms with Crippen LogP contribution in [0.25, 0.3) is 0 Å². The van der Waals surface area contributed by atoms with Crippen LogP contribution in [0.2, 0.25) is 0 Å². The predicted molar refractivity (Wildman–Crippen MR) is 100.0 cm³/mol. The van der Waals surface area contributed by atoms with Crippen molar-refractivity contribution in [3.8, 4) is 11.8 Å². The van der Waals surface area contributed by atoms with Gasteiger partial charge in [0.2, 0.25) is 0 Å². The van der Waals surface area contributed by atoms with Crippen LogP contribution in [-0.4, -0.2) is 16.6 Å². The zero-order valence-electron chi connectivity index (χ0n) is 15.2. The van der Waals surface area contributed by atoms with E-state index in [0.29, 0.717) is 18.5 Å². The standard InChI is InChI=1S/C21H16F3N3O2/c1-13-26(16-4-3-14(12-25)18(11-16)21(22,23)24)19(29)20(9-2-10-20)27(13)15-5-7-17(28)8-6-15/h3-8,11,28H,1-2,9-10H2. The number of benzene rings is 2. The summed E-state index contributed by atoms with van der Waals surface area (Å²) in [6.45, 7) is 3.98. The quantitative estimate of drug-likeness (QED) is 0.806. The Morgan fingerprint density at radius 3 is 2.24 bits per heavy atom. The van der Waals surface area contributed by atoms with E-state index in [1.807, 2.05) is 0 Å². The number of nitrogens with zero attached hydrogens (tertiary/aromatic N) is 3. The smallest absolute Gasteiger partial charge is 0.417 e. The van der Waals surface area contributed by atoms with Gasteiger partial charge in [0.1, 0.15) is 17.1 Å². The average molecular weight is 399 g/mol. The Balaban J connectivity index is 1.82. The van der Waals surface area contributed by atoms with Crippen molar-refractivity contribution in [1.29, 1.82) is 5.26 Å². The van der Waals surface area contributed by atoms with E-state index in [0.717, 1.165) is 18.6 Å². The van der Waals surface area contributed by atoms with Gasteiger partial charge in [-0.3, -0.25) is 9.69 Å². The first-order valence-corrected chi connectivity index (χ1v) is 8.93. The number of nitriles is 1. The van der Waals surface area contributed by atoms with Gasteiger partial charge in [-0.2, -0.15) is 18.4 Å². The summed E-state index contributed by atoms with van der Waals surface area (Å²) in [6, 6.07) is 11.0. The summed E-state index contributed by atoms with van der Waals surface area (Å²) in [7, 11) is 0. The first-order chi connectivity index (χ1) is 13.7. The van der Waals surface area contributed by atoms with Crippen molar-refractivity contribution in [2.75, 3.05) is 9.80 Å². The number of carbonyl (C=O) groups is 1. The molecule has 1 N–H and O–H groups in total. The molecule has 0 aromatic heterocycles. The third-order valence-corrected chi connectivity index (χ3v) is 5.52.